The van der Waals surface area contributed by atoms with E-state index in [0.29, 0.717) is 10.6 Å². The summed E-state index contributed by atoms with van der Waals surface area (Å²) in [5, 5.41) is 3.23. The molecule has 0 aliphatic carbocycles. The van der Waals surface area contributed by atoms with E-state index < -0.39 is 11.4 Å². The van der Waals surface area contributed by atoms with E-state index in [-0.39, 0.29) is 23.0 Å². The first kappa shape index (κ1) is 20.8. The number of hydrazine groups is 1. The molecule has 0 saturated heterocycles. The summed E-state index contributed by atoms with van der Waals surface area (Å²) in [7, 11) is 0. The molecule has 0 N–H and O–H groups in total. The molecule has 0 aliphatic rings. The number of amides is 2. The van der Waals surface area contributed by atoms with E-state index in [0.717, 1.165) is 0 Å². The predicted molar refractivity (Wildman–Crippen MR) is 109 cm³/mol. The van der Waals surface area contributed by atoms with Gasteiger partial charge in [0.25, 0.3) is 11.8 Å². The van der Waals surface area contributed by atoms with E-state index in [9.17, 15) is 9.59 Å². The van der Waals surface area contributed by atoms with Gasteiger partial charge in [-0.1, -0.05) is 47.3 Å². The van der Waals surface area contributed by atoms with Crippen LogP contribution in [0.4, 0.5) is 0 Å². The second kappa shape index (κ2) is 8.47. The van der Waals surface area contributed by atoms with Crippen molar-refractivity contribution >= 4 is 35.0 Å². The molecule has 0 aliphatic heterocycles. The Labute approximate surface area is 169 Å². The van der Waals surface area contributed by atoms with E-state index in [1.165, 1.54) is 22.2 Å². The van der Waals surface area contributed by atoms with Gasteiger partial charge >= 0.3 is 0 Å². The maximum absolute atomic E-state index is 13.3. The fourth-order valence-electron chi connectivity index (χ4n) is 2.60. The maximum Gasteiger partial charge on any atom is 0.274 e. The van der Waals surface area contributed by atoms with Crippen molar-refractivity contribution in [2.75, 3.05) is 6.54 Å². The highest BCUT2D eigenvalue weighted by molar-refractivity contribution is 6.36. The van der Waals surface area contributed by atoms with Crippen LogP contribution >= 0.6 is 23.2 Å². The van der Waals surface area contributed by atoms with Gasteiger partial charge in [0, 0.05) is 10.6 Å². The topological polar surface area (TPSA) is 40.6 Å². The smallest absolute Gasteiger partial charge is 0.267 e. The van der Waals surface area contributed by atoms with Gasteiger partial charge in [-0.2, -0.15) is 0 Å². The van der Waals surface area contributed by atoms with Crippen molar-refractivity contribution in [3.05, 3.63) is 69.7 Å². The number of rotatable bonds is 3. The lowest BCUT2D eigenvalue weighted by Gasteiger charge is -2.42. The summed E-state index contributed by atoms with van der Waals surface area (Å²) in [5.74, 6) is 1.64. The quantitative estimate of drug-likeness (QED) is 0.539. The molecule has 0 saturated carbocycles. The molecule has 0 unspecified atom stereocenters. The Morgan fingerprint density at radius 3 is 2.19 bits per heavy atom. The van der Waals surface area contributed by atoms with Crippen molar-refractivity contribution < 1.29 is 9.59 Å². The Hall–Kier alpha value is -2.48. The first-order chi connectivity index (χ1) is 12.7. The normalized spacial score (nSPS) is 10.8. The monoisotopic (exact) mass is 402 g/mol. The van der Waals surface area contributed by atoms with Gasteiger partial charge in [0.2, 0.25) is 0 Å². The molecule has 0 aromatic heterocycles. The molecule has 0 fully saturated rings. The number of carbonyl (C=O) groups excluding carboxylic acids is 2. The molecule has 2 aromatic carbocycles. The fraction of sp³-hybridized carbons (Fsp3) is 0.238. The number of halogens is 2. The van der Waals surface area contributed by atoms with Crippen LogP contribution in [0.3, 0.4) is 0 Å². The molecule has 27 heavy (non-hydrogen) atoms. The van der Waals surface area contributed by atoms with E-state index in [4.69, 9.17) is 29.6 Å². The Morgan fingerprint density at radius 2 is 1.67 bits per heavy atom. The molecule has 0 bridgehead atoms. The number of hydrogen-bond acceptors (Lipinski definition) is 2. The minimum absolute atomic E-state index is 0.0675. The highest BCUT2D eigenvalue weighted by Gasteiger charge is 2.36. The van der Waals surface area contributed by atoms with Gasteiger partial charge in [0.15, 0.2) is 0 Å². The van der Waals surface area contributed by atoms with Crippen LogP contribution in [-0.4, -0.2) is 33.9 Å². The van der Waals surface area contributed by atoms with Crippen LogP contribution < -0.4 is 0 Å². The first-order valence-corrected chi connectivity index (χ1v) is 9.02. The highest BCUT2D eigenvalue weighted by Crippen LogP contribution is 2.27. The Bertz CT molecular complexity index is 883. The summed E-state index contributed by atoms with van der Waals surface area (Å²) in [6.45, 7) is 5.38. The van der Waals surface area contributed by atoms with Crippen LogP contribution in [-0.2, 0) is 0 Å². The van der Waals surface area contributed by atoms with Crippen LogP contribution in [0.1, 0.15) is 41.5 Å². The maximum atomic E-state index is 13.3. The third kappa shape index (κ3) is 4.82. The number of nitrogens with zero attached hydrogens (tertiary/aromatic N) is 2. The molecular weight excluding hydrogens is 383 g/mol. The lowest BCUT2D eigenvalue weighted by Crippen LogP contribution is -2.58. The van der Waals surface area contributed by atoms with Gasteiger partial charge < -0.3 is 0 Å². The summed E-state index contributed by atoms with van der Waals surface area (Å²) in [6, 6.07) is 13.3. The van der Waals surface area contributed by atoms with Crippen molar-refractivity contribution in [1.82, 2.24) is 10.0 Å². The first-order valence-electron chi connectivity index (χ1n) is 8.26. The lowest BCUT2D eigenvalue weighted by atomic mass is 10.1. The van der Waals surface area contributed by atoms with Crippen LogP contribution in [0.5, 0.6) is 0 Å². The molecule has 140 valence electrons. The second-order valence-corrected chi connectivity index (χ2v) is 7.69. The molecule has 2 amide bonds. The zero-order chi connectivity index (χ0) is 20.2. The summed E-state index contributed by atoms with van der Waals surface area (Å²) < 4.78 is 0. The molecule has 0 spiro atoms. The van der Waals surface area contributed by atoms with Gasteiger partial charge in [-0.3, -0.25) is 9.59 Å². The van der Waals surface area contributed by atoms with Crippen molar-refractivity contribution in [3.63, 3.8) is 0 Å². The van der Waals surface area contributed by atoms with Crippen molar-refractivity contribution in [1.29, 1.82) is 0 Å². The Balaban J connectivity index is 2.53. The summed E-state index contributed by atoms with van der Waals surface area (Å²) in [6.07, 6.45) is 5.49. The average Bonchev–Trinajstić information content (AvgIpc) is 2.60. The van der Waals surface area contributed by atoms with Crippen LogP contribution in [0.25, 0.3) is 0 Å². The van der Waals surface area contributed by atoms with Gasteiger partial charge in [0.1, 0.15) is 6.54 Å². The Kier molecular flexibility index (Phi) is 6.54. The van der Waals surface area contributed by atoms with Gasteiger partial charge in [-0.15, -0.1) is 6.42 Å². The highest BCUT2D eigenvalue weighted by atomic mass is 35.5. The lowest BCUT2D eigenvalue weighted by molar-refractivity contribution is -0.0371. The van der Waals surface area contributed by atoms with Gasteiger partial charge in [-0.05, 0) is 51.1 Å². The number of hydrogen-bond donors (Lipinski definition) is 0. The number of carbonyl (C=O) groups is 2. The zero-order valence-corrected chi connectivity index (χ0v) is 16.9. The minimum Gasteiger partial charge on any atom is -0.267 e. The van der Waals surface area contributed by atoms with E-state index in [2.05, 4.69) is 5.92 Å². The molecule has 2 aromatic rings. The average molecular weight is 403 g/mol. The second-order valence-electron chi connectivity index (χ2n) is 6.84. The third-order valence-electron chi connectivity index (χ3n) is 3.73. The summed E-state index contributed by atoms with van der Waals surface area (Å²) in [5.41, 5.74) is -0.0719. The molecule has 0 radical (unpaired) electrons. The van der Waals surface area contributed by atoms with Gasteiger partial charge in [-0.25, -0.2) is 10.0 Å². The van der Waals surface area contributed by atoms with E-state index in [1.807, 2.05) is 26.8 Å². The van der Waals surface area contributed by atoms with E-state index >= 15 is 0 Å². The summed E-state index contributed by atoms with van der Waals surface area (Å²) in [4.78, 5) is 26.4. The Morgan fingerprint density at radius 1 is 1.04 bits per heavy atom. The largest absolute Gasteiger partial charge is 0.274 e. The number of terminal acetylenes is 1. The molecule has 0 heterocycles. The van der Waals surface area contributed by atoms with Crippen molar-refractivity contribution in [2.24, 2.45) is 0 Å². The SMILES string of the molecule is C#CCN(C(=O)c1ccccc1)N(C(=O)c1ccc(Cl)cc1Cl)C(C)(C)C. The molecule has 2 rings (SSSR count). The van der Waals surface area contributed by atoms with Crippen molar-refractivity contribution in [3.8, 4) is 12.3 Å². The third-order valence-corrected chi connectivity index (χ3v) is 4.27. The van der Waals surface area contributed by atoms with Gasteiger partial charge in [0.05, 0.1) is 16.1 Å². The minimum atomic E-state index is -0.735. The molecule has 0 atom stereocenters. The fourth-order valence-corrected chi connectivity index (χ4v) is 3.09. The van der Waals surface area contributed by atoms with Crippen LogP contribution in [0.15, 0.2) is 48.5 Å². The number of benzene rings is 2. The molecule has 6 heteroatoms. The van der Waals surface area contributed by atoms with Crippen molar-refractivity contribution in [2.45, 2.75) is 26.3 Å². The predicted octanol–water partition coefficient (Wildman–Crippen LogP) is 4.92. The van der Waals surface area contributed by atoms with Crippen LogP contribution in [0, 0.1) is 12.3 Å². The van der Waals surface area contributed by atoms with E-state index in [1.54, 1.807) is 30.3 Å². The molecular formula is C21H20Cl2N2O2. The standard InChI is InChI=1S/C21H20Cl2N2O2/c1-5-13-24(19(26)15-9-7-6-8-10-15)25(21(2,3)4)20(27)17-12-11-16(22)14-18(17)23/h1,6-12,14H,13H2,2-4H3. The zero-order valence-electron chi connectivity index (χ0n) is 15.4. The summed E-state index contributed by atoms with van der Waals surface area (Å²) >= 11 is 12.2. The van der Waals surface area contributed by atoms with Crippen LogP contribution in [0.2, 0.25) is 10.0 Å². The molecule has 4 nitrogen and oxygen atoms in total.